The highest BCUT2D eigenvalue weighted by Gasteiger charge is 2.16. The summed E-state index contributed by atoms with van der Waals surface area (Å²) in [6.45, 7) is 1.29. The van der Waals surface area contributed by atoms with Gasteiger partial charge in [0.2, 0.25) is 5.95 Å². The molecule has 6 nitrogen and oxygen atoms in total. The highest BCUT2D eigenvalue weighted by atomic mass is 35.5. The van der Waals surface area contributed by atoms with Crippen molar-refractivity contribution in [3.63, 3.8) is 0 Å². The molecule has 1 fully saturated rings. The van der Waals surface area contributed by atoms with Gasteiger partial charge in [0.25, 0.3) is 5.91 Å². The molecule has 2 heterocycles. The average Bonchev–Trinajstić information content (AvgIpc) is 3.07. The Morgan fingerprint density at radius 1 is 1.35 bits per heavy atom. The topological polar surface area (TPSA) is 76.1 Å². The van der Waals surface area contributed by atoms with Gasteiger partial charge in [0.1, 0.15) is 0 Å². The summed E-state index contributed by atoms with van der Waals surface area (Å²) in [7, 11) is 0. The van der Waals surface area contributed by atoms with Gasteiger partial charge in [-0.05, 0) is 31.0 Å². The van der Waals surface area contributed by atoms with Crippen molar-refractivity contribution in [3.05, 3.63) is 47.2 Å². The zero-order valence-electron chi connectivity index (χ0n) is 12.5. The molecule has 1 amide bonds. The number of nitrogens with zero attached hydrogens (tertiary/aromatic N) is 2. The largest absolute Gasteiger partial charge is 0.376 e. The number of carbonyl (C=O) groups excluding carboxylic acids is 1. The molecule has 0 aliphatic carbocycles. The molecule has 0 spiro atoms. The molecule has 120 valence electrons. The second-order valence-electron chi connectivity index (χ2n) is 5.28. The third-order valence-electron chi connectivity index (χ3n) is 3.51. The lowest BCUT2D eigenvalue weighted by Crippen LogP contribution is -2.31. The minimum atomic E-state index is -0.199. The van der Waals surface area contributed by atoms with E-state index in [1.54, 1.807) is 12.1 Å². The molecule has 1 saturated heterocycles. The summed E-state index contributed by atoms with van der Waals surface area (Å²) in [6.07, 6.45) is 5.13. The van der Waals surface area contributed by atoms with E-state index in [9.17, 15) is 4.79 Å². The minimum Gasteiger partial charge on any atom is -0.376 e. The number of hydrogen-bond donors (Lipinski definition) is 2. The van der Waals surface area contributed by atoms with Crippen LogP contribution in [0.5, 0.6) is 0 Å². The fourth-order valence-corrected chi connectivity index (χ4v) is 2.51. The van der Waals surface area contributed by atoms with Gasteiger partial charge in [0, 0.05) is 36.3 Å². The summed E-state index contributed by atoms with van der Waals surface area (Å²) in [4.78, 5) is 20.3. The summed E-state index contributed by atoms with van der Waals surface area (Å²) in [5.41, 5.74) is 1.20. The molecule has 1 atom stereocenters. The highest BCUT2D eigenvalue weighted by molar-refractivity contribution is 6.30. The quantitative estimate of drug-likeness (QED) is 0.880. The van der Waals surface area contributed by atoms with Gasteiger partial charge in [0.05, 0.1) is 11.7 Å². The van der Waals surface area contributed by atoms with E-state index in [1.165, 1.54) is 12.4 Å². The smallest absolute Gasteiger partial charge is 0.254 e. The number of amides is 1. The molecule has 23 heavy (non-hydrogen) atoms. The van der Waals surface area contributed by atoms with E-state index in [1.807, 2.05) is 12.1 Å². The van der Waals surface area contributed by atoms with Gasteiger partial charge in [-0.15, -0.1) is 0 Å². The van der Waals surface area contributed by atoms with Crippen LogP contribution in [-0.2, 0) is 4.74 Å². The number of aromatic nitrogens is 2. The van der Waals surface area contributed by atoms with Gasteiger partial charge in [0.15, 0.2) is 0 Å². The molecule has 2 N–H and O–H groups in total. The molecule has 1 aromatic heterocycles. The minimum absolute atomic E-state index is 0.114. The van der Waals surface area contributed by atoms with Crippen molar-refractivity contribution >= 4 is 29.1 Å². The van der Waals surface area contributed by atoms with Crippen LogP contribution in [0.1, 0.15) is 23.2 Å². The van der Waals surface area contributed by atoms with Gasteiger partial charge >= 0.3 is 0 Å². The van der Waals surface area contributed by atoms with Crippen molar-refractivity contribution in [1.82, 2.24) is 15.3 Å². The predicted molar refractivity (Wildman–Crippen MR) is 88.1 cm³/mol. The van der Waals surface area contributed by atoms with Crippen LogP contribution >= 0.6 is 11.6 Å². The Morgan fingerprint density at radius 3 is 2.87 bits per heavy atom. The monoisotopic (exact) mass is 332 g/mol. The Hall–Kier alpha value is -2.18. The number of benzene rings is 1. The molecule has 0 saturated carbocycles. The number of halogens is 1. The van der Waals surface area contributed by atoms with E-state index in [0.29, 0.717) is 23.1 Å². The van der Waals surface area contributed by atoms with Crippen molar-refractivity contribution in [1.29, 1.82) is 0 Å². The summed E-state index contributed by atoms with van der Waals surface area (Å²) in [6, 6.07) is 7.25. The van der Waals surface area contributed by atoms with E-state index in [0.717, 1.165) is 25.1 Å². The maximum absolute atomic E-state index is 12.0. The zero-order chi connectivity index (χ0) is 16.1. The Morgan fingerprint density at radius 2 is 2.17 bits per heavy atom. The lowest BCUT2D eigenvalue weighted by Gasteiger charge is -2.10. The number of carbonyl (C=O) groups is 1. The van der Waals surface area contributed by atoms with Crippen molar-refractivity contribution in [2.75, 3.05) is 18.5 Å². The number of rotatable bonds is 5. The first-order valence-electron chi connectivity index (χ1n) is 7.45. The van der Waals surface area contributed by atoms with Crippen molar-refractivity contribution in [2.24, 2.45) is 0 Å². The lowest BCUT2D eigenvalue weighted by molar-refractivity contribution is 0.0857. The summed E-state index contributed by atoms with van der Waals surface area (Å²) in [5, 5.41) is 6.49. The Kier molecular flexibility index (Phi) is 5.05. The number of ether oxygens (including phenoxy) is 1. The molecule has 2 aromatic rings. The summed E-state index contributed by atoms with van der Waals surface area (Å²) >= 11 is 5.92. The van der Waals surface area contributed by atoms with Gasteiger partial charge in [-0.25, -0.2) is 9.97 Å². The standard InChI is InChI=1S/C16H17ClN4O2/c17-12-3-1-4-13(7-12)21-16-19-8-11(9-20-16)15(22)18-10-14-5-2-6-23-14/h1,3-4,7-9,14H,2,5-6,10H2,(H,18,22)(H,19,20,21). The maximum Gasteiger partial charge on any atom is 0.254 e. The van der Waals surface area contributed by atoms with Crippen LogP contribution in [0.15, 0.2) is 36.7 Å². The Bertz CT molecular complexity index is 672. The van der Waals surface area contributed by atoms with Gasteiger partial charge in [-0.2, -0.15) is 0 Å². The SMILES string of the molecule is O=C(NCC1CCCO1)c1cnc(Nc2cccc(Cl)c2)nc1. The van der Waals surface area contributed by atoms with Crippen molar-refractivity contribution in [2.45, 2.75) is 18.9 Å². The maximum atomic E-state index is 12.0. The predicted octanol–water partition coefficient (Wildman–Crippen LogP) is 2.78. The molecule has 7 heteroatoms. The van der Waals surface area contributed by atoms with Crippen molar-refractivity contribution in [3.8, 4) is 0 Å². The van der Waals surface area contributed by atoms with Crippen LogP contribution < -0.4 is 10.6 Å². The van der Waals surface area contributed by atoms with Crippen LogP contribution in [0.25, 0.3) is 0 Å². The van der Waals surface area contributed by atoms with Crippen LogP contribution in [0.2, 0.25) is 5.02 Å². The first kappa shape index (κ1) is 15.7. The number of nitrogens with one attached hydrogen (secondary N) is 2. The Balaban J connectivity index is 1.56. The normalized spacial score (nSPS) is 17.0. The van der Waals surface area contributed by atoms with E-state index in [-0.39, 0.29) is 12.0 Å². The van der Waals surface area contributed by atoms with Crippen LogP contribution in [0, 0.1) is 0 Å². The summed E-state index contributed by atoms with van der Waals surface area (Å²) < 4.78 is 5.47. The van der Waals surface area contributed by atoms with Gasteiger partial charge in [-0.1, -0.05) is 17.7 Å². The average molecular weight is 333 g/mol. The molecule has 0 radical (unpaired) electrons. The molecular weight excluding hydrogens is 316 g/mol. The molecule has 0 bridgehead atoms. The molecule has 1 aliphatic rings. The molecule has 1 unspecified atom stereocenters. The van der Waals surface area contributed by atoms with E-state index >= 15 is 0 Å². The summed E-state index contributed by atoms with van der Waals surface area (Å²) in [5.74, 6) is 0.206. The second-order valence-corrected chi connectivity index (χ2v) is 5.71. The van der Waals surface area contributed by atoms with Gasteiger partial charge in [-0.3, -0.25) is 4.79 Å². The van der Waals surface area contributed by atoms with E-state index < -0.39 is 0 Å². The Labute approximate surface area is 139 Å². The van der Waals surface area contributed by atoms with Gasteiger partial charge < -0.3 is 15.4 Å². The number of hydrogen-bond acceptors (Lipinski definition) is 5. The first-order chi connectivity index (χ1) is 11.2. The fraction of sp³-hybridized carbons (Fsp3) is 0.312. The molecular formula is C16H17ClN4O2. The molecule has 1 aromatic carbocycles. The van der Waals surface area contributed by atoms with E-state index in [4.69, 9.17) is 16.3 Å². The van der Waals surface area contributed by atoms with E-state index in [2.05, 4.69) is 20.6 Å². The molecule has 1 aliphatic heterocycles. The van der Waals surface area contributed by atoms with Crippen LogP contribution in [-0.4, -0.2) is 35.1 Å². The third-order valence-corrected chi connectivity index (χ3v) is 3.74. The van der Waals surface area contributed by atoms with Crippen LogP contribution in [0.4, 0.5) is 11.6 Å². The zero-order valence-corrected chi connectivity index (χ0v) is 13.2. The van der Waals surface area contributed by atoms with Crippen LogP contribution in [0.3, 0.4) is 0 Å². The molecule has 3 rings (SSSR count). The fourth-order valence-electron chi connectivity index (χ4n) is 2.32. The van der Waals surface area contributed by atoms with Crippen molar-refractivity contribution < 1.29 is 9.53 Å². The third kappa shape index (κ3) is 4.40. The second kappa shape index (κ2) is 7.39. The lowest BCUT2D eigenvalue weighted by atomic mass is 10.2. The highest BCUT2D eigenvalue weighted by Crippen LogP contribution is 2.17. The first-order valence-corrected chi connectivity index (χ1v) is 7.83. The number of anilines is 2.